The average molecular weight is 662 g/mol. The highest BCUT2D eigenvalue weighted by molar-refractivity contribution is 6.00. The van der Waals surface area contributed by atoms with E-state index in [0.717, 1.165) is 39.3 Å². The molecule has 2 atom stereocenters. The van der Waals surface area contributed by atoms with Crippen molar-refractivity contribution in [3.63, 3.8) is 0 Å². The minimum absolute atomic E-state index is 0.0457. The predicted octanol–water partition coefficient (Wildman–Crippen LogP) is 8.13. The molecule has 1 aromatic heterocycles. The van der Waals surface area contributed by atoms with Crippen LogP contribution in [0.15, 0.2) is 152 Å². The van der Waals surface area contributed by atoms with Gasteiger partial charge in [-0.25, -0.2) is 4.79 Å². The molecule has 7 rings (SSSR count). The number of esters is 1. The van der Waals surface area contributed by atoms with E-state index in [1.165, 1.54) is 7.11 Å². The van der Waals surface area contributed by atoms with Gasteiger partial charge in [0, 0.05) is 6.54 Å². The van der Waals surface area contributed by atoms with Crippen molar-refractivity contribution >= 4 is 17.6 Å². The lowest BCUT2D eigenvalue weighted by Gasteiger charge is -2.36. The Labute approximate surface area is 292 Å². The van der Waals surface area contributed by atoms with Gasteiger partial charge in [-0.1, -0.05) is 133 Å². The number of ether oxygens (including phenoxy) is 2. The van der Waals surface area contributed by atoms with Crippen molar-refractivity contribution in [1.82, 2.24) is 9.88 Å². The van der Waals surface area contributed by atoms with Crippen molar-refractivity contribution in [3.05, 3.63) is 191 Å². The van der Waals surface area contributed by atoms with E-state index in [4.69, 9.17) is 9.47 Å². The molecule has 50 heavy (non-hydrogen) atoms. The average Bonchev–Trinajstić information content (AvgIpc) is 3.58. The van der Waals surface area contributed by atoms with E-state index in [-0.39, 0.29) is 5.91 Å². The van der Waals surface area contributed by atoms with Crippen molar-refractivity contribution in [2.24, 2.45) is 0 Å². The molecule has 7 nitrogen and oxygen atoms in total. The molecule has 0 radical (unpaired) electrons. The first-order valence-corrected chi connectivity index (χ1v) is 16.8. The summed E-state index contributed by atoms with van der Waals surface area (Å²) in [5, 5.41) is 0. The second kappa shape index (κ2) is 15.1. The second-order valence-electron chi connectivity index (χ2n) is 12.5. The Bertz CT molecular complexity index is 2010. The first-order valence-electron chi connectivity index (χ1n) is 16.8. The van der Waals surface area contributed by atoms with Gasteiger partial charge < -0.3 is 19.4 Å². The Morgan fingerprint density at radius 2 is 1.24 bits per heavy atom. The van der Waals surface area contributed by atoms with E-state index in [1.54, 1.807) is 6.07 Å². The molecule has 1 N–H and O–H groups in total. The first-order chi connectivity index (χ1) is 24.6. The molecular weight excluding hydrogens is 622 g/mol. The Morgan fingerprint density at radius 1 is 0.680 bits per heavy atom. The minimum atomic E-state index is -0.539. The molecule has 0 saturated heterocycles. The van der Waals surface area contributed by atoms with Crippen LogP contribution in [0.3, 0.4) is 0 Å². The number of hydrogen-bond donors (Lipinski definition) is 1. The molecular formula is C43H39N3O4. The van der Waals surface area contributed by atoms with Crippen LogP contribution in [-0.4, -0.2) is 34.9 Å². The quantitative estimate of drug-likeness (QED) is 0.142. The Morgan fingerprint density at radius 3 is 1.86 bits per heavy atom. The van der Waals surface area contributed by atoms with Gasteiger partial charge in [0.05, 0.1) is 37.1 Å². The molecule has 2 heterocycles. The van der Waals surface area contributed by atoms with E-state index in [9.17, 15) is 4.79 Å². The summed E-state index contributed by atoms with van der Waals surface area (Å²) in [4.78, 5) is 35.7. The highest BCUT2D eigenvalue weighted by Gasteiger charge is 2.43. The number of benzene rings is 5. The fourth-order valence-corrected chi connectivity index (χ4v) is 6.71. The Hall–Kier alpha value is -5.92. The van der Waals surface area contributed by atoms with E-state index in [2.05, 4.69) is 46.3 Å². The number of H-pyrrole nitrogens is 1. The second-order valence-corrected chi connectivity index (χ2v) is 12.5. The number of aromatic amines is 1. The molecule has 1 aliphatic heterocycles. The first kappa shape index (κ1) is 32.6. The Kier molecular flexibility index (Phi) is 9.85. The van der Waals surface area contributed by atoms with Crippen LogP contribution in [-0.2, 0) is 35.6 Å². The molecule has 0 fully saturated rings. The molecule has 6 aromatic rings. The molecule has 0 saturated carbocycles. The van der Waals surface area contributed by atoms with Crippen LogP contribution in [0, 0.1) is 0 Å². The van der Waals surface area contributed by atoms with Gasteiger partial charge in [-0.05, 0) is 52.4 Å². The standard InChI is InChI=1S/C43H39N3O4/c1-49-43(48)37-27-38-40(44-37)41(35-20-12-5-13-21-35)45(28-33-22-24-36(25-23-33)50-30-34-18-10-4-11-19-34)39(26-31-14-6-2-7-15-31)42(47)46(38)29-32-16-8-3-9-17-32/h2-25,27,39,41,44H,26,28-30H2,1H3/t39-,41?/m0/s1. The number of fused-ring (bicyclic) bond motifs is 1. The molecule has 0 aliphatic carbocycles. The number of aromatic nitrogens is 1. The maximum absolute atomic E-state index is 15.2. The monoisotopic (exact) mass is 661 g/mol. The third-order valence-electron chi connectivity index (χ3n) is 9.19. The van der Waals surface area contributed by atoms with Gasteiger partial charge in [0.15, 0.2) is 0 Å². The SMILES string of the molecule is COC(=O)c1cc2c([nH]1)C(c1ccccc1)N(Cc1ccc(OCc3ccccc3)cc1)[C@@H](Cc1ccccc1)C(=O)N2Cc1ccccc1. The highest BCUT2D eigenvalue weighted by atomic mass is 16.5. The number of carbonyl (C=O) groups excluding carboxylic acids is 2. The van der Waals surface area contributed by atoms with E-state index in [0.29, 0.717) is 37.5 Å². The zero-order valence-electron chi connectivity index (χ0n) is 27.9. The van der Waals surface area contributed by atoms with Crippen molar-refractivity contribution < 1.29 is 19.1 Å². The topological polar surface area (TPSA) is 74.9 Å². The summed E-state index contributed by atoms with van der Waals surface area (Å²) in [6, 6.07) is 49.3. The number of anilines is 1. The predicted molar refractivity (Wildman–Crippen MR) is 195 cm³/mol. The largest absolute Gasteiger partial charge is 0.489 e. The molecule has 1 unspecified atom stereocenters. The summed E-state index contributed by atoms with van der Waals surface area (Å²) in [5.41, 5.74) is 6.91. The minimum Gasteiger partial charge on any atom is -0.489 e. The number of hydrogen-bond acceptors (Lipinski definition) is 5. The number of nitrogens with zero attached hydrogens (tertiary/aromatic N) is 2. The van der Waals surface area contributed by atoms with Crippen molar-refractivity contribution in [3.8, 4) is 5.75 Å². The summed E-state index contributed by atoms with van der Waals surface area (Å²) < 4.78 is 11.2. The van der Waals surface area contributed by atoms with Crippen LogP contribution in [0.1, 0.15) is 50.0 Å². The molecule has 0 spiro atoms. The fourth-order valence-electron chi connectivity index (χ4n) is 6.71. The number of methoxy groups -OCH3 is 1. The highest BCUT2D eigenvalue weighted by Crippen LogP contribution is 2.42. The normalized spacial score (nSPS) is 16.0. The maximum Gasteiger partial charge on any atom is 0.354 e. The van der Waals surface area contributed by atoms with Crippen LogP contribution < -0.4 is 9.64 Å². The van der Waals surface area contributed by atoms with Gasteiger partial charge in [0.25, 0.3) is 0 Å². The maximum atomic E-state index is 15.2. The number of nitrogens with one attached hydrogen (secondary N) is 1. The van der Waals surface area contributed by atoms with Crippen LogP contribution in [0.25, 0.3) is 0 Å². The molecule has 5 aromatic carbocycles. The van der Waals surface area contributed by atoms with Gasteiger partial charge in [-0.15, -0.1) is 0 Å². The van der Waals surface area contributed by atoms with Crippen LogP contribution >= 0.6 is 0 Å². The fraction of sp³-hybridized carbons (Fsp3) is 0.163. The zero-order chi connectivity index (χ0) is 34.3. The summed E-state index contributed by atoms with van der Waals surface area (Å²) in [5.74, 6) is 0.236. The van der Waals surface area contributed by atoms with Gasteiger partial charge in [0.1, 0.15) is 18.1 Å². The molecule has 7 heteroatoms. The van der Waals surface area contributed by atoms with Crippen LogP contribution in [0.2, 0.25) is 0 Å². The third-order valence-corrected chi connectivity index (χ3v) is 9.19. The molecule has 1 aliphatic rings. The van der Waals surface area contributed by atoms with Crippen LogP contribution in [0.5, 0.6) is 5.75 Å². The summed E-state index contributed by atoms with van der Waals surface area (Å²) >= 11 is 0. The third kappa shape index (κ3) is 7.23. The van der Waals surface area contributed by atoms with Crippen molar-refractivity contribution in [1.29, 1.82) is 0 Å². The van der Waals surface area contributed by atoms with Gasteiger partial charge in [0.2, 0.25) is 5.91 Å². The summed E-state index contributed by atoms with van der Waals surface area (Å²) in [6.45, 7) is 1.29. The van der Waals surface area contributed by atoms with Gasteiger partial charge in [-0.3, -0.25) is 9.69 Å². The van der Waals surface area contributed by atoms with Crippen molar-refractivity contribution in [2.45, 2.75) is 38.2 Å². The lowest BCUT2D eigenvalue weighted by Crippen LogP contribution is -2.48. The summed E-state index contributed by atoms with van der Waals surface area (Å²) in [6.07, 6.45) is 0.501. The van der Waals surface area contributed by atoms with E-state index >= 15 is 4.79 Å². The number of amides is 1. The van der Waals surface area contributed by atoms with Gasteiger partial charge in [-0.2, -0.15) is 0 Å². The smallest absolute Gasteiger partial charge is 0.354 e. The summed E-state index contributed by atoms with van der Waals surface area (Å²) in [7, 11) is 1.37. The van der Waals surface area contributed by atoms with E-state index < -0.39 is 18.1 Å². The zero-order valence-corrected chi connectivity index (χ0v) is 27.9. The van der Waals surface area contributed by atoms with E-state index in [1.807, 2.05) is 114 Å². The van der Waals surface area contributed by atoms with Crippen LogP contribution in [0.4, 0.5) is 5.69 Å². The lowest BCUT2D eigenvalue weighted by molar-refractivity contribution is -0.124. The lowest BCUT2D eigenvalue weighted by atomic mass is 9.96. The Balaban J connectivity index is 1.33. The number of carbonyl (C=O) groups is 2. The molecule has 0 bridgehead atoms. The molecule has 1 amide bonds. The molecule has 250 valence electrons. The number of rotatable bonds is 11. The van der Waals surface area contributed by atoms with Gasteiger partial charge >= 0.3 is 5.97 Å². The van der Waals surface area contributed by atoms with Crippen molar-refractivity contribution in [2.75, 3.05) is 12.0 Å².